The Kier molecular flexibility index (Phi) is 3.84. The topological polar surface area (TPSA) is 75.4 Å². The normalized spacial score (nSPS) is 10.2. The zero-order valence-corrected chi connectivity index (χ0v) is 11.5. The van der Waals surface area contributed by atoms with E-state index in [0.717, 1.165) is 5.69 Å². The van der Waals surface area contributed by atoms with Crippen LogP contribution >= 0.6 is 0 Å². The van der Waals surface area contributed by atoms with Crippen molar-refractivity contribution in [1.29, 1.82) is 0 Å². The molecular formula is C14H15N3O3. The van der Waals surface area contributed by atoms with Gasteiger partial charge in [-0.3, -0.25) is 9.59 Å². The fraction of sp³-hybridized carbons (Fsp3) is 0.214. The molecular weight excluding hydrogens is 258 g/mol. The standard InChI is InChI=1S/C14H15N3O3/c1-9-8-13(20-16-9)14(19)15-11-4-6-12(7-5-11)17(3)10(2)18/h4-8H,1-3H3,(H,15,19). The number of aromatic nitrogens is 1. The first-order valence-electron chi connectivity index (χ1n) is 6.06. The Bertz CT molecular complexity index is 631. The Morgan fingerprint density at radius 3 is 2.40 bits per heavy atom. The van der Waals surface area contributed by atoms with E-state index >= 15 is 0 Å². The number of aryl methyl sites for hydroxylation is 1. The second kappa shape index (κ2) is 5.56. The molecule has 0 saturated heterocycles. The molecule has 0 bridgehead atoms. The van der Waals surface area contributed by atoms with Crippen molar-refractivity contribution in [2.75, 3.05) is 17.3 Å². The van der Waals surface area contributed by atoms with E-state index in [2.05, 4.69) is 10.5 Å². The lowest BCUT2D eigenvalue weighted by Crippen LogP contribution is -2.22. The average molecular weight is 273 g/mol. The second-order valence-electron chi connectivity index (χ2n) is 4.41. The number of benzene rings is 1. The van der Waals surface area contributed by atoms with Crippen LogP contribution < -0.4 is 10.2 Å². The molecule has 1 aromatic carbocycles. The molecule has 20 heavy (non-hydrogen) atoms. The van der Waals surface area contributed by atoms with Gasteiger partial charge in [-0.05, 0) is 31.2 Å². The fourth-order valence-corrected chi connectivity index (χ4v) is 1.61. The Labute approximate surface area is 116 Å². The predicted molar refractivity (Wildman–Crippen MR) is 74.7 cm³/mol. The van der Waals surface area contributed by atoms with E-state index in [9.17, 15) is 9.59 Å². The monoisotopic (exact) mass is 273 g/mol. The molecule has 104 valence electrons. The smallest absolute Gasteiger partial charge is 0.294 e. The van der Waals surface area contributed by atoms with Crippen LogP contribution in [0.4, 0.5) is 11.4 Å². The predicted octanol–water partition coefficient (Wildman–Crippen LogP) is 2.22. The molecule has 1 N–H and O–H groups in total. The van der Waals surface area contributed by atoms with Gasteiger partial charge >= 0.3 is 0 Å². The molecule has 1 heterocycles. The third-order valence-electron chi connectivity index (χ3n) is 2.84. The number of amides is 2. The van der Waals surface area contributed by atoms with Crippen molar-refractivity contribution in [1.82, 2.24) is 5.16 Å². The van der Waals surface area contributed by atoms with Gasteiger partial charge in [-0.2, -0.15) is 0 Å². The molecule has 0 aliphatic heterocycles. The Morgan fingerprint density at radius 1 is 1.25 bits per heavy atom. The number of carbonyl (C=O) groups excluding carboxylic acids is 2. The van der Waals surface area contributed by atoms with E-state index in [-0.39, 0.29) is 17.6 Å². The summed E-state index contributed by atoms with van der Waals surface area (Å²) in [6.45, 7) is 3.23. The third-order valence-corrected chi connectivity index (χ3v) is 2.84. The van der Waals surface area contributed by atoms with Gasteiger partial charge < -0.3 is 14.7 Å². The molecule has 0 atom stereocenters. The van der Waals surface area contributed by atoms with Crippen LogP contribution in [0, 0.1) is 6.92 Å². The summed E-state index contributed by atoms with van der Waals surface area (Å²) in [4.78, 5) is 24.6. The van der Waals surface area contributed by atoms with Crippen LogP contribution in [0.3, 0.4) is 0 Å². The lowest BCUT2D eigenvalue weighted by Gasteiger charge is -2.15. The average Bonchev–Trinajstić information content (AvgIpc) is 2.85. The van der Waals surface area contributed by atoms with E-state index in [1.54, 1.807) is 44.3 Å². The molecule has 0 fully saturated rings. The highest BCUT2D eigenvalue weighted by molar-refractivity contribution is 6.02. The zero-order chi connectivity index (χ0) is 14.7. The van der Waals surface area contributed by atoms with E-state index in [1.165, 1.54) is 11.8 Å². The van der Waals surface area contributed by atoms with Gasteiger partial charge in [0, 0.05) is 31.4 Å². The van der Waals surface area contributed by atoms with Gasteiger partial charge in [0.05, 0.1) is 5.69 Å². The van der Waals surface area contributed by atoms with Crippen molar-refractivity contribution in [2.24, 2.45) is 0 Å². The fourth-order valence-electron chi connectivity index (χ4n) is 1.61. The number of rotatable bonds is 3. The Balaban J connectivity index is 2.07. The number of hydrogen-bond acceptors (Lipinski definition) is 4. The molecule has 2 amide bonds. The van der Waals surface area contributed by atoms with Gasteiger partial charge in [0.2, 0.25) is 11.7 Å². The zero-order valence-electron chi connectivity index (χ0n) is 11.5. The van der Waals surface area contributed by atoms with E-state index in [4.69, 9.17) is 4.52 Å². The van der Waals surface area contributed by atoms with Gasteiger partial charge in [-0.1, -0.05) is 5.16 Å². The highest BCUT2D eigenvalue weighted by Crippen LogP contribution is 2.17. The van der Waals surface area contributed by atoms with Crippen LogP contribution in [0.1, 0.15) is 23.2 Å². The Morgan fingerprint density at radius 2 is 1.90 bits per heavy atom. The van der Waals surface area contributed by atoms with Crippen LogP contribution in [-0.4, -0.2) is 24.0 Å². The summed E-state index contributed by atoms with van der Waals surface area (Å²) in [6.07, 6.45) is 0. The number of nitrogens with zero attached hydrogens (tertiary/aromatic N) is 2. The van der Waals surface area contributed by atoms with Gasteiger partial charge in [-0.25, -0.2) is 0 Å². The molecule has 2 aromatic rings. The van der Waals surface area contributed by atoms with Crippen LogP contribution in [0.2, 0.25) is 0 Å². The van der Waals surface area contributed by atoms with Gasteiger partial charge in [0.1, 0.15) is 0 Å². The van der Waals surface area contributed by atoms with Gasteiger partial charge in [-0.15, -0.1) is 0 Å². The van der Waals surface area contributed by atoms with Crippen LogP contribution in [0.5, 0.6) is 0 Å². The molecule has 0 unspecified atom stereocenters. The molecule has 0 aliphatic rings. The van der Waals surface area contributed by atoms with Crippen molar-refractivity contribution in [3.8, 4) is 0 Å². The third kappa shape index (κ3) is 3.03. The molecule has 0 saturated carbocycles. The highest BCUT2D eigenvalue weighted by Gasteiger charge is 2.12. The van der Waals surface area contributed by atoms with Gasteiger partial charge in [0.25, 0.3) is 5.91 Å². The quantitative estimate of drug-likeness (QED) is 0.930. The summed E-state index contributed by atoms with van der Waals surface area (Å²) < 4.78 is 4.88. The number of carbonyl (C=O) groups is 2. The van der Waals surface area contributed by atoms with E-state index < -0.39 is 0 Å². The number of hydrogen-bond donors (Lipinski definition) is 1. The maximum Gasteiger partial charge on any atom is 0.294 e. The Hall–Kier alpha value is -2.63. The number of nitrogens with one attached hydrogen (secondary N) is 1. The molecule has 0 radical (unpaired) electrons. The first kappa shape index (κ1) is 13.8. The minimum atomic E-state index is -0.363. The van der Waals surface area contributed by atoms with Crippen molar-refractivity contribution in [3.05, 3.63) is 41.8 Å². The van der Waals surface area contributed by atoms with E-state index in [0.29, 0.717) is 11.4 Å². The summed E-state index contributed by atoms with van der Waals surface area (Å²) in [5.74, 6) is -0.260. The maximum absolute atomic E-state index is 11.8. The van der Waals surface area contributed by atoms with Crippen LogP contribution in [-0.2, 0) is 4.79 Å². The van der Waals surface area contributed by atoms with Gasteiger partial charge in [0.15, 0.2) is 0 Å². The first-order valence-corrected chi connectivity index (χ1v) is 6.06. The first-order chi connectivity index (χ1) is 9.47. The van der Waals surface area contributed by atoms with Crippen molar-refractivity contribution in [2.45, 2.75) is 13.8 Å². The second-order valence-corrected chi connectivity index (χ2v) is 4.41. The van der Waals surface area contributed by atoms with Crippen molar-refractivity contribution >= 4 is 23.2 Å². The highest BCUT2D eigenvalue weighted by atomic mass is 16.5. The molecule has 1 aromatic heterocycles. The summed E-state index contributed by atoms with van der Waals surface area (Å²) in [6, 6.07) is 8.50. The van der Waals surface area contributed by atoms with Crippen LogP contribution in [0.25, 0.3) is 0 Å². The lowest BCUT2D eigenvalue weighted by atomic mass is 10.2. The van der Waals surface area contributed by atoms with Crippen molar-refractivity contribution in [3.63, 3.8) is 0 Å². The molecule has 2 rings (SSSR count). The summed E-state index contributed by atoms with van der Waals surface area (Å²) in [5.41, 5.74) is 2.02. The SMILES string of the molecule is CC(=O)N(C)c1ccc(NC(=O)c2cc(C)no2)cc1. The summed E-state index contributed by atoms with van der Waals surface area (Å²) in [7, 11) is 1.69. The molecule has 0 spiro atoms. The maximum atomic E-state index is 11.8. The lowest BCUT2D eigenvalue weighted by molar-refractivity contribution is -0.116. The van der Waals surface area contributed by atoms with E-state index in [1.807, 2.05) is 0 Å². The minimum Gasteiger partial charge on any atom is -0.351 e. The largest absolute Gasteiger partial charge is 0.351 e. The molecule has 6 nitrogen and oxygen atoms in total. The molecule has 0 aliphatic carbocycles. The summed E-state index contributed by atoms with van der Waals surface area (Å²) >= 11 is 0. The minimum absolute atomic E-state index is 0.0566. The van der Waals surface area contributed by atoms with Crippen LogP contribution in [0.15, 0.2) is 34.9 Å². The van der Waals surface area contributed by atoms with Crippen molar-refractivity contribution < 1.29 is 14.1 Å². The number of anilines is 2. The summed E-state index contributed by atoms with van der Waals surface area (Å²) in [5, 5.41) is 6.35. The molecule has 6 heteroatoms.